The molecular formula is C13H19NO. The molecule has 0 N–H and O–H groups in total. The van der Waals surface area contributed by atoms with Gasteiger partial charge in [-0.25, -0.2) is 0 Å². The first-order chi connectivity index (χ1) is 7.45. The molecule has 1 saturated heterocycles. The van der Waals surface area contributed by atoms with Gasteiger partial charge in [-0.3, -0.25) is 4.90 Å². The fourth-order valence-corrected chi connectivity index (χ4v) is 1.99. The number of hydrogen-bond acceptors (Lipinski definition) is 2. The van der Waals surface area contributed by atoms with Crippen molar-refractivity contribution in [1.82, 2.24) is 4.90 Å². The molecule has 82 valence electrons. The third kappa shape index (κ3) is 3.65. The van der Waals surface area contributed by atoms with Crippen LogP contribution in [0.2, 0.25) is 0 Å². The highest BCUT2D eigenvalue weighted by Gasteiger charge is 2.07. The lowest BCUT2D eigenvalue weighted by Crippen LogP contribution is -2.29. The van der Waals surface area contributed by atoms with E-state index in [0.29, 0.717) is 0 Å². The van der Waals surface area contributed by atoms with Crippen molar-refractivity contribution in [1.29, 1.82) is 0 Å². The summed E-state index contributed by atoms with van der Waals surface area (Å²) in [6.07, 6.45) is 2.32. The van der Waals surface area contributed by atoms with Gasteiger partial charge in [-0.1, -0.05) is 30.3 Å². The molecule has 1 aromatic rings. The molecule has 1 aromatic carbocycles. The van der Waals surface area contributed by atoms with Crippen molar-refractivity contribution < 1.29 is 4.74 Å². The molecule has 1 fully saturated rings. The Kier molecular flexibility index (Phi) is 4.18. The van der Waals surface area contributed by atoms with Gasteiger partial charge < -0.3 is 4.74 Å². The molecule has 0 bridgehead atoms. The first-order valence-corrected chi connectivity index (χ1v) is 5.79. The second-order valence-electron chi connectivity index (χ2n) is 4.08. The molecule has 2 rings (SSSR count). The molecule has 2 nitrogen and oxygen atoms in total. The molecule has 0 radical (unpaired) electrons. The summed E-state index contributed by atoms with van der Waals surface area (Å²) in [5.41, 5.74) is 1.42. The van der Waals surface area contributed by atoms with E-state index in [4.69, 9.17) is 4.74 Å². The summed E-state index contributed by atoms with van der Waals surface area (Å²) in [5.74, 6) is 0. The van der Waals surface area contributed by atoms with Crippen molar-refractivity contribution in [2.45, 2.75) is 19.4 Å². The van der Waals surface area contributed by atoms with Crippen LogP contribution in [0.15, 0.2) is 30.3 Å². The van der Waals surface area contributed by atoms with Gasteiger partial charge in [0.2, 0.25) is 0 Å². The lowest BCUT2D eigenvalue weighted by atomic mass is 10.2. The average Bonchev–Trinajstić information content (AvgIpc) is 2.23. The van der Waals surface area contributed by atoms with Gasteiger partial charge in [0.1, 0.15) is 0 Å². The van der Waals surface area contributed by atoms with E-state index in [0.717, 1.165) is 45.7 Å². The van der Waals surface area contributed by atoms with Crippen molar-refractivity contribution in [3.63, 3.8) is 0 Å². The minimum absolute atomic E-state index is 0.922. The second-order valence-corrected chi connectivity index (χ2v) is 4.08. The molecule has 2 heteroatoms. The monoisotopic (exact) mass is 205 g/mol. The normalized spacial score (nSPS) is 19.5. The predicted octanol–water partition coefficient (Wildman–Crippen LogP) is 2.30. The first kappa shape index (κ1) is 10.7. The summed E-state index contributed by atoms with van der Waals surface area (Å²) in [7, 11) is 0. The highest BCUT2D eigenvalue weighted by atomic mass is 16.5. The van der Waals surface area contributed by atoms with Crippen LogP contribution in [0.25, 0.3) is 0 Å². The summed E-state index contributed by atoms with van der Waals surface area (Å²) in [4.78, 5) is 2.53. The van der Waals surface area contributed by atoms with E-state index in [1.807, 2.05) is 0 Å². The predicted molar refractivity (Wildman–Crippen MR) is 61.8 cm³/mol. The maximum Gasteiger partial charge on any atom is 0.0478 e. The Hall–Kier alpha value is -0.860. The van der Waals surface area contributed by atoms with Gasteiger partial charge in [-0.15, -0.1) is 0 Å². The van der Waals surface area contributed by atoms with E-state index in [-0.39, 0.29) is 0 Å². The summed E-state index contributed by atoms with van der Waals surface area (Å²) in [6.45, 7) is 5.25. The van der Waals surface area contributed by atoms with Crippen LogP contribution >= 0.6 is 0 Å². The Morgan fingerprint density at radius 2 is 1.67 bits per heavy atom. The maximum atomic E-state index is 5.45. The number of hydrogen-bond donors (Lipinski definition) is 0. The molecule has 0 unspecified atom stereocenters. The van der Waals surface area contributed by atoms with Crippen LogP contribution in [0, 0.1) is 0 Å². The Morgan fingerprint density at radius 1 is 1.00 bits per heavy atom. The highest BCUT2D eigenvalue weighted by molar-refractivity contribution is 5.14. The minimum atomic E-state index is 0.922. The third-order valence-corrected chi connectivity index (χ3v) is 2.78. The van der Waals surface area contributed by atoms with E-state index in [2.05, 4.69) is 35.2 Å². The largest absolute Gasteiger partial charge is 0.381 e. The van der Waals surface area contributed by atoms with Gasteiger partial charge in [0, 0.05) is 32.8 Å². The first-order valence-electron chi connectivity index (χ1n) is 5.79. The lowest BCUT2D eigenvalue weighted by Gasteiger charge is -2.24. The second kappa shape index (κ2) is 5.89. The standard InChI is InChI=1S/C13H19NO/c1-2-6-13(7-3-1)12-14-8-4-10-15-11-5-9-14/h1-3,6-7H,4-5,8-12H2. The smallest absolute Gasteiger partial charge is 0.0478 e. The van der Waals surface area contributed by atoms with Gasteiger partial charge in [-0.05, 0) is 18.4 Å². The van der Waals surface area contributed by atoms with Crippen molar-refractivity contribution >= 4 is 0 Å². The molecule has 1 heterocycles. The maximum absolute atomic E-state index is 5.45. The van der Waals surface area contributed by atoms with Crippen LogP contribution in [0.3, 0.4) is 0 Å². The molecule has 0 atom stereocenters. The Morgan fingerprint density at radius 3 is 2.33 bits per heavy atom. The Bertz CT molecular complexity index is 265. The van der Waals surface area contributed by atoms with Gasteiger partial charge in [0.15, 0.2) is 0 Å². The van der Waals surface area contributed by atoms with E-state index >= 15 is 0 Å². The van der Waals surface area contributed by atoms with Crippen molar-refractivity contribution in [3.05, 3.63) is 35.9 Å². The third-order valence-electron chi connectivity index (χ3n) is 2.78. The van der Waals surface area contributed by atoms with Crippen LogP contribution in [0.4, 0.5) is 0 Å². The van der Waals surface area contributed by atoms with Crippen LogP contribution < -0.4 is 0 Å². The average molecular weight is 205 g/mol. The van der Waals surface area contributed by atoms with E-state index in [1.54, 1.807) is 0 Å². The molecule has 15 heavy (non-hydrogen) atoms. The van der Waals surface area contributed by atoms with Gasteiger partial charge in [0.25, 0.3) is 0 Å². The van der Waals surface area contributed by atoms with E-state index in [9.17, 15) is 0 Å². The lowest BCUT2D eigenvalue weighted by molar-refractivity contribution is 0.0865. The topological polar surface area (TPSA) is 12.5 Å². The van der Waals surface area contributed by atoms with Gasteiger partial charge in [-0.2, -0.15) is 0 Å². The Labute approximate surface area is 91.9 Å². The van der Waals surface area contributed by atoms with Crippen LogP contribution in [0.1, 0.15) is 18.4 Å². The number of ether oxygens (including phenoxy) is 1. The van der Waals surface area contributed by atoms with Gasteiger partial charge in [0.05, 0.1) is 0 Å². The van der Waals surface area contributed by atoms with Crippen LogP contribution in [0.5, 0.6) is 0 Å². The molecule has 0 spiro atoms. The zero-order valence-electron chi connectivity index (χ0n) is 9.19. The van der Waals surface area contributed by atoms with Crippen molar-refractivity contribution in [2.24, 2.45) is 0 Å². The zero-order chi connectivity index (χ0) is 10.3. The number of rotatable bonds is 2. The molecule has 1 aliphatic heterocycles. The number of benzene rings is 1. The van der Waals surface area contributed by atoms with Crippen LogP contribution in [-0.4, -0.2) is 31.2 Å². The molecule has 0 aromatic heterocycles. The van der Waals surface area contributed by atoms with Crippen molar-refractivity contribution in [2.75, 3.05) is 26.3 Å². The number of nitrogens with zero attached hydrogens (tertiary/aromatic N) is 1. The molecular weight excluding hydrogens is 186 g/mol. The summed E-state index contributed by atoms with van der Waals surface area (Å²) in [5, 5.41) is 0. The Balaban J connectivity index is 1.86. The fourth-order valence-electron chi connectivity index (χ4n) is 1.99. The van der Waals surface area contributed by atoms with E-state index < -0.39 is 0 Å². The highest BCUT2D eigenvalue weighted by Crippen LogP contribution is 2.07. The fraction of sp³-hybridized carbons (Fsp3) is 0.538. The van der Waals surface area contributed by atoms with Crippen molar-refractivity contribution in [3.8, 4) is 0 Å². The molecule has 0 amide bonds. The van der Waals surface area contributed by atoms with Crippen LogP contribution in [-0.2, 0) is 11.3 Å². The zero-order valence-corrected chi connectivity index (χ0v) is 9.19. The molecule has 0 saturated carbocycles. The molecule has 0 aliphatic carbocycles. The SMILES string of the molecule is c1ccc(CN2CCCOCCC2)cc1. The van der Waals surface area contributed by atoms with E-state index in [1.165, 1.54) is 5.56 Å². The van der Waals surface area contributed by atoms with Gasteiger partial charge >= 0.3 is 0 Å². The summed E-state index contributed by atoms with van der Waals surface area (Å²) in [6, 6.07) is 10.7. The molecule has 1 aliphatic rings. The summed E-state index contributed by atoms with van der Waals surface area (Å²) < 4.78 is 5.45. The minimum Gasteiger partial charge on any atom is -0.381 e. The summed E-state index contributed by atoms with van der Waals surface area (Å²) >= 11 is 0. The quantitative estimate of drug-likeness (QED) is 0.734.